The SMILES string of the molecule is N#Cc1ccc(COc2cccc(-c3cc(F)c(Cc4nc5ccc(C(=O)O)cc5n4[C@H]4CCNC4=O)cc3F)n2)c(F)c1. The Morgan fingerprint density at radius 3 is 2.57 bits per heavy atom. The molecule has 9 nitrogen and oxygen atoms in total. The van der Waals surface area contributed by atoms with E-state index < -0.39 is 29.5 Å². The minimum absolute atomic E-state index is 0.00549. The van der Waals surface area contributed by atoms with Crippen molar-refractivity contribution in [1.82, 2.24) is 19.9 Å². The molecule has 3 heterocycles. The van der Waals surface area contributed by atoms with Gasteiger partial charge in [0.1, 0.15) is 35.9 Å². The third-order valence-electron chi connectivity index (χ3n) is 7.38. The number of rotatable bonds is 8. The molecular formula is C32H22F3N5O4. The highest BCUT2D eigenvalue weighted by atomic mass is 19.1. The van der Waals surface area contributed by atoms with Crippen LogP contribution < -0.4 is 10.1 Å². The molecule has 6 rings (SSSR count). The summed E-state index contributed by atoms with van der Waals surface area (Å²) in [5.74, 6) is -3.21. The van der Waals surface area contributed by atoms with Crippen molar-refractivity contribution >= 4 is 22.9 Å². The largest absolute Gasteiger partial charge is 0.478 e. The molecule has 1 aliphatic rings. The summed E-state index contributed by atoms with van der Waals surface area (Å²) < 4.78 is 52.3. The number of carboxylic acids is 1. The van der Waals surface area contributed by atoms with E-state index >= 15 is 8.78 Å². The van der Waals surface area contributed by atoms with Crippen LogP contribution in [0.2, 0.25) is 0 Å². The molecule has 3 aromatic carbocycles. The van der Waals surface area contributed by atoms with Crippen LogP contribution in [0.1, 0.15) is 45.3 Å². The average molecular weight is 598 g/mol. The van der Waals surface area contributed by atoms with Gasteiger partial charge in [0.25, 0.3) is 0 Å². The number of aromatic carboxylic acids is 1. The van der Waals surface area contributed by atoms with Crippen LogP contribution in [0.4, 0.5) is 13.2 Å². The lowest BCUT2D eigenvalue weighted by atomic mass is 10.0. The van der Waals surface area contributed by atoms with Crippen molar-refractivity contribution in [2.75, 3.05) is 6.54 Å². The van der Waals surface area contributed by atoms with Gasteiger partial charge in [-0.05, 0) is 60.5 Å². The summed E-state index contributed by atoms with van der Waals surface area (Å²) in [7, 11) is 0. The number of pyridine rings is 1. The number of nitrogens with zero attached hydrogens (tertiary/aromatic N) is 4. The highest BCUT2D eigenvalue weighted by Crippen LogP contribution is 2.31. The van der Waals surface area contributed by atoms with Crippen molar-refractivity contribution in [1.29, 1.82) is 5.26 Å². The van der Waals surface area contributed by atoms with Crippen molar-refractivity contribution in [2.24, 2.45) is 0 Å². The van der Waals surface area contributed by atoms with Gasteiger partial charge in [-0.3, -0.25) is 4.79 Å². The topological polar surface area (TPSA) is 130 Å². The van der Waals surface area contributed by atoms with E-state index in [0.717, 1.165) is 18.2 Å². The summed E-state index contributed by atoms with van der Waals surface area (Å²) in [6.07, 6.45) is 0.253. The first-order valence-electron chi connectivity index (χ1n) is 13.5. The summed E-state index contributed by atoms with van der Waals surface area (Å²) in [6.45, 7) is 0.217. The molecule has 1 fully saturated rings. The second kappa shape index (κ2) is 11.5. The Morgan fingerprint density at radius 1 is 1.02 bits per heavy atom. The van der Waals surface area contributed by atoms with Crippen LogP contribution >= 0.6 is 0 Å². The molecule has 1 saturated heterocycles. The number of ether oxygens (including phenoxy) is 1. The molecule has 0 saturated carbocycles. The molecule has 0 aliphatic carbocycles. The van der Waals surface area contributed by atoms with Gasteiger partial charge in [-0.15, -0.1) is 0 Å². The fourth-order valence-corrected chi connectivity index (χ4v) is 5.20. The minimum Gasteiger partial charge on any atom is -0.478 e. The molecule has 1 amide bonds. The molecule has 1 atom stereocenters. The number of fused-ring (bicyclic) bond motifs is 1. The standard InChI is InChI=1S/C32H22F3N5O4/c33-22-10-17(15-36)4-5-19(22)16-44-30-3-1-2-25(39-30)21-14-23(34)20(11-24(21)35)13-29-38-26-7-6-18(32(42)43)12-28(26)40(29)27-8-9-37-31(27)41/h1-7,10-12,14,27H,8-9,13,16H2,(H,37,41)(H,42,43)/t27-/m0/s1. The number of carboxylic acid groups (broad SMARTS) is 1. The van der Waals surface area contributed by atoms with Crippen molar-refractivity contribution in [3.05, 3.63) is 112 Å². The van der Waals surface area contributed by atoms with E-state index in [-0.39, 0.29) is 64.2 Å². The zero-order chi connectivity index (χ0) is 31.0. The molecule has 2 aromatic heterocycles. The first kappa shape index (κ1) is 28.4. The predicted octanol–water partition coefficient (Wildman–Crippen LogP) is 5.32. The lowest BCUT2D eigenvalue weighted by molar-refractivity contribution is -0.121. The van der Waals surface area contributed by atoms with Crippen molar-refractivity contribution in [3.63, 3.8) is 0 Å². The Hall–Kier alpha value is -5.70. The van der Waals surface area contributed by atoms with E-state index in [1.54, 1.807) is 10.6 Å². The van der Waals surface area contributed by atoms with Crippen LogP contribution in [-0.2, 0) is 17.8 Å². The normalized spacial score (nSPS) is 14.4. The van der Waals surface area contributed by atoms with Crippen molar-refractivity contribution in [2.45, 2.75) is 25.5 Å². The van der Waals surface area contributed by atoms with E-state index in [4.69, 9.17) is 10.00 Å². The predicted molar refractivity (Wildman–Crippen MR) is 151 cm³/mol. The highest BCUT2D eigenvalue weighted by molar-refractivity contribution is 5.93. The minimum atomic E-state index is -1.15. The average Bonchev–Trinajstić information content (AvgIpc) is 3.59. The fraction of sp³-hybridized carbons (Fsp3) is 0.156. The molecule has 12 heteroatoms. The van der Waals surface area contributed by atoms with Gasteiger partial charge in [-0.1, -0.05) is 12.1 Å². The quantitative estimate of drug-likeness (QED) is 0.248. The smallest absolute Gasteiger partial charge is 0.335 e. The lowest BCUT2D eigenvalue weighted by Gasteiger charge is -2.15. The molecule has 44 heavy (non-hydrogen) atoms. The van der Waals surface area contributed by atoms with Gasteiger partial charge >= 0.3 is 5.97 Å². The first-order chi connectivity index (χ1) is 21.2. The maximum absolute atomic E-state index is 15.5. The molecule has 0 spiro atoms. The summed E-state index contributed by atoms with van der Waals surface area (Å²) in [5, 5.41) is 21.1. The molecule has 1 aliphatic heterocycles. The second-order valence-corrected chi connectivity index (χ2v) is 10.2. The number of benzene rings is 3. The number of nitrogens with one attached hydrogen (secondary N) is 1. The number of hydrogen-bond acceptors (Lipinski definition) is 6. The van der Waals surface area contributed by atoms with Crippen LogP contribution in [0.15, 0.2) is 66.7 Å². The number of carbonyl (C=O) groups is 2. The number of amides is 1. The van der Waals surface area contributed by atoms with E-state index in [1.165, 1.54) is 42.5 Å². The van der Waals surface area contributed by atoms with Crippen LogP contribution in [0.3, 0.4) is 0 Å². The fourth-order valence-electron chi connectivity index (χ4n) is 5.20. The summed E-state index contributed by atoms with van der Waals surface area (Å²) in [5.41, 5.74) is 1.12. The third-order valence-corrected chi connectivity index (χ3v) is 7.38. The molecule has 0 bridgehead atoms. The van der Waals surface area contributed by atoms with Gasteiger partial charge in [0, 0.05) is 30.2 Å². The molecule has 0 unspecified atom stereocenters. The van der Waals surface area contributed by atoms with Gasteiger partial charge in [-0.25, -0.2) is 27.9 Å². The molecule has 0 radical (unpaired) electrons. The zero-order valence-electron chi connectivity index (χ0n) is 22.9. The number of hydrogen-bond donors (Lipinski definition) is 2. The lowest BCUT2D eigenvalue weighted by Crippen LogP contribution is -2.23. The van der Waals surface area contributed by atoms with Gasteiger partial charge in [0.2, 0.25) is 11.8 Å². The zero-order valence-corrected chi connectivity index (χ0v) is 22.9. The third kappa shape index (κ3) is 5.43. The number of imidazole rings is 1. The van der Waals surface area contributed by atoms with Gasteiger partial charge in [0.15, 0.2) is 0 Å². The summed E-state index contributed by atoms with van der Waals surface area (Å²) in [4.78, 5) is 33.0. The van der Waals surface area contributed by atoms with Gasteiger partial charge < -0.3 is 19.7 Å². The first-order valence-corrected chi connectivity index (χ1v) is 13.5. The molecule has 220 valence electrons. The molecular weight excluding hydrogens is 575 g/mol. The summed E-state index contributed by atoms with van der Waals surface area (Å²) in [6, 6.07) is 16.0. The Bertz CT molecular complexity index is 2000. The molecule has 2 N–H and O–H groups in total. The van der Waals surface area contributed by atoms with E-state index in [0.29, 0.717) is 24.0 Å². The van der Waals surface area contributed by atoms with E-state index in [2.05, 4.69) is 15.3 Å². The van der Waals surface area contributed by atoms with Gasteiger partial charge in [0.05, 0.1) is 33.9 Å². The Labute approximate surface area is 248 Å². The van der Waals surface area contributed by atoms with Crippen LogP contribution in [0.5, 0.6) is 5.88 Å². The number of nitriles is 1. The van der Waals surface area contributed by atoms with E-state index in [9.17, 15) is 19.1 Å². The molecule has 5 aromatic rings. The number of aromatic nitrogens is 3. The van der Waals surface area contributed by atoms with Crippen LogP contribution in [-0.4, -0.2) is 38.1 Å². The van der Waals surface area contributed by atoms with Gasteiger partial charge in [-0.2, -0.15) is 5.26 Å². The Kier molecular flexibility index (Phi) is 7.45. The van der Waals surface area contributed by atoms with Crippen LogP contribution in [0.25, 0.3) is 22.3 Å². The number of carbonyl (C=O) groups excluding carboxylic acids is 1. The van der Waals surface area contributed by atoms with Crippen LogP contribution in [0, 0.1) is 28.8 Å². The Morgan fingerprint density at radius 2 is 1.84 bits per heavy atom. The van der Waals surface area contributed by atoms with Crippen molar-refractivity contribution in [3.8, 4) is 23.2 Å². The number of halogens is 3. The highest BCUT2D eigenvalue weighted by Gasteiger charge is 2.30. The maximum atomic E-state index is 15.5. The Balaban J connectivity index is 1.29. The second-order valence-electron chi connectivity index (χ2n) is 10.2. The monoisotopic (exact) mass is 597 g/mol. The van der Waals surface area contributed by atoms with E-state index in [1.807, 2.05) is 6.07 Å². The van der Waals surface area contributed by atoms with Crippen molar-refractivity contribution < 1.29 is 32.6 Å². The summed E-state index contributed by atoms with van der Waals surface area (Å²) >= 11 is 0. The maximum Gasteiger partial charge on any atom is 0.335 e.